The molecule has 0 unspecified atom stereocenters. The summed E-state index contributed by atoms with van der Waals surface area (Å²) in [5.74, 6) is 0.237. The number of methoxy groups -OCH3 is 1. The van der Waals surface area contributed by atoms with Crippen molar-refractivity contribution in [3.63, 3.8) is 0 Å². The van der Waals surface area contributed by atoms with Gasteiger partial charge in [-0.1, -0.05) is 23.7 Å². The molecule has 9 heteroatoms. The Labute approximate surface area is 193 Å². The molecule has 1 fully saturated rings. The molecular formula is C23H19ClN2O5S. The number of thioether (sulfide) groups is 1. The van der Waals surface area contributed by atoms with Crippen molar-refractivity contribution in [1.29, 1.82) is 0 Å². The maximum Gasteiger partial charge on any atom is 0.339 e. The highest BCUT2D eigenvalue weighted by molar-refractivity contribution is 8.00. The van der Waals surface area contributed by atoms with Crippen LogP contribution in [0, 0.1) is 0 Å². The molecule has 7 nitrogen and oxygen atoms in total. The Morgan fingerprint density at radius 1 is 1.22 bits per heavy atom. The molecule has 2 heterocycles. The average Bonchev–Trinajstić information content (AvgIpc) is 3.45. The zero-order valence-electron chi connectivity index (χ0n) is 17.0. The first kappa shape index (κ1) is 22.0. The molecule has 32 heavy (non-hydrogen) atoms. The number of hydrogen-bond donors (Lipinski definition) is 1. The van der Waals surface area contributed by atoms with Gasteiger partial charge in [0.2, 0.25) is 5.91 Å². The Morgan fingerprint density at radius 2 is 2.00 bits per heavy atom. The van der Waals surface area contributed by atoms with E-state index >= 15 is 0 Å². The van der Waals surface area contributed by atoms with Crippen molar-refractivity contribution in [2.24, 2.45) is 0 Å². The number of halogens is 1. The summed E-state index contributed by atoms with van der Waals surface area (Å²) >= 11 is 7.56. The second-order valence-corrected chi connectivity index (χ2v) is 8.50. The monoisotopic (exact) mass is 470 g/mol. The van der Waals surface area contributed by atoms with E-state index in [4.69, 9.17) is 20.8 Å². The molecule has 0 saturated carbocycles. The average molecular weight is 471 g/mol. The predicted molar refractivity (Wildman–Crippen MR) is 122 cm³/mol. The van der Waals surface area contributed by atoms with Crippen molar-refractivity contribution in [3.05, 3.63) is 88.3 Å². The van der Waals surface area contributed by atoms with E-state index in [1.54, 1.807) is 35.4 Å². The number of nitrogens with zero attached hydrogens (tertiary/aromatic N) is 1. The van der Waals surface area contributed by atoms with E-state index in [-0.39, 0.29) is 27.8 Å². The molecule has 1 aromatic heterocycles. The van der Waals surface area contributed by atoms with E-state index in [0.29, 0.717) is 23.5 Å². The Balaban J connectivity index is 1.47. The molecule has 164 valence electrons. The van der Waals surface area contributed by atoms with Gasteiger partial charge in [0.15, 0.2) is 0 Å². The highest BCUT2D eigenvalue weighted by atomic mass is 35.5. The first-order valence-corrected chi connectivity index (χ1v) is 11.1. The number of esters is 1. The number of hydrogen-bond acceptors (Lipinski definition) is 6. The summed E-state index contributed by atoms with van der Waals surface area (Å²) < 4.78 is 10.1. The SMILES string of the molecule is COC(=O)c1cc(NC(=O)c2ccc([C@H]3SCC(=O)N3Cc3ccco3)cc2)ccc1Cl. The molecule has 4 rings (SSSR count). The zero-order chi connectivity index (χ0) is 22.7. The van der Waals surface area contributed by atoms with Gasteiger partial charge in [-0.2, -0.15) is 0 Å². The van der Waals surface area contributed by atoms with E-state index < -0.39 is 5.97 Å². The molecule has 0 bridgehead atoms. The molecule has 2 aromatic carbocycles. The fourth-order valence-corrected chi connectivity index (χ4v) is 4.73. The minimum Gasteiger partial charge on any atom is -0.467 e. The molecule has 3 aromatic rings. The summed E-state index contributed by atoms with van der Waals surface area (Å²) in [5, 5.41) is 2.84. The van der Waals surface area contributed by atoms with Crippen molar-refractivity contribution < 1.29 is 23.5 Å². The molecule has 0 spiro atoms. The highest BCUT2D eigenvalue weighted by Crippen LogP contribution is 2.39. The van der Waals surface area contributed by atoms with Crippen LogP contribution in [0.25, 0.3) is 0 Å². The number of rotatable bonds is 6. The topological polar surface area (TPSA) is 88.8 Å². The van der Waals surface area contributed by atoms with E-state index in [9.17, 15) is 14.4 Å². The lowest BCUT2D eigenvalue weighted by Gasteiger charge is -2.23. The summed E-state index contributed by atoms with van der Waals surface area (Å²) in [4.78, 5) is 38.6. The fourth-order valence-electron chi connectivity index (χ4n) is 3.34. The molecule has 1 aliphatic rings. The van der Waals surface area contributed by atoms with Gasteiger partial charge in [0.25, 0.3) is 5.91 Å². The van der Waals surface area contributed by atoms with Crippen LogP contribution >= 0.6 is 23.4 Å². The molecule has 2 amide bonds. The Kier molecular flexibility index (Phi) is 6.53. The minimum atomic E-state index is -0.585. The van der Waals surface area contributed by atoms with Crippen molar-refractivity contribution in [2.75, 3.05) is 18.2 Å². The quantitative estimate of drug-likeness (QED) is 0.523. The second kappa shape index (κ2) is 9.50. The van der Waals surface area contributed by atoms with E-state index in [1.807, 2.05) is 18.2 Å². The van der Waals surface area contributed by atoms with Crippen LogP contribution in [0.4, 0.5) is 5.69 Å². The zero-order valence-corrected chi connectivity index (χ0v) is 18.6. The van der Waals surface area contributed by atoms with Crippen molar-refractivity contribution in [1.82, 2.24) is 4.90 Å². The fraction of sp³-hybridized carbons (Fsp3) is 0.174. The van der Waals surface area contributed by atoms with Gasteiger partial charge >= 0.3 is 5.97 Å². The standard InChI is InChI=1S/C23H19ClN2O5S/c1-30-23(29)18-11-16(8-9-19(18)24)25-21(28)14-4-6-15(7-5-14)22-26(20(27)13-32-22)12-17-3-2-10-31-17/h2-11,22H,12-13H2,1H3,(H,25,28)/t22-/m1/s1. The van der Waals surface area contributed by atoms with E-state index in [2.05, 4.69) is 5.32 Å². The second-order valence-electron chi connectivity index (χ2n) is 7.03. The van der Waals surface area contributed by atoms with Gasteiger partial charge in [0.05, 0.1) is 36.3 Å². The van der Waals surface area contributed by atoms with Crippen LogP contribution < -0.4 is 5.32 Å². The lowest BCUT2D eigenvalue weighted by atomic mass is 10.1. The molecule has 0 aliphatic carbocycles. The Morgan fingerprint density at radius 3 is 2.69 bits per heavy atom. The number of amides is 2. The van der Waals surface area contributed by atoms with Crippen molar-refractivity contribution in [2.45, 2.75) is 11.9 Å². The number of ether oxygens (including phenoxy) is 1. The highest BCUT2D eigenvalue weighted by Gasteiger charge is 2.33. The van der Waals surface area contributed by atoms with Crippen LogP contribution in [0.1, 0.15) is 37.4 Å². The lowest BCUT2D eigenvalue weighted by molar-refractivity contribution is -0.128. The summed E-state index contributed by atoms with van der Waals surface area (Å²) in [6, 6.07) is 15.3. The van der Waals surface area contributed by atoms with Crippen LogP contribution in [0.5, 0.6) is 0 Å². The van der Waals surface area contributed by atoms with E-state index in [0.717, 1.165) is 11.3 Å². The summed E-state index contributed by atoms with van der Waals surface area (Å²) in [6.07, 6.45) is 1.58. The van der Waals surface area contributed by atoms with Gasteiger partial charge in [-0.3, -0.25) is 9.59 Å². The number of anilines is 1. The lowest BCUT2D eigenvalue weighted by Crippen LogP contribution is -2.27. The van der Waals surface area contributed by atoms with Crippen molar-refractivity contribution in [3.8, 4) is 0 Å². The molecular weight excluding hydrogens is 452 g/mol. The maximum atomic E-state index is 12.7. The van der Waals surface area contributed by atoms with Gasteiger partial charge in [-0.05, 0) is 48.0 Å². The number of benzene rings is 2. The van der Waals surface area contributed by atoms with Gasteiger partial charge in [0, 0.05) is 11.3 Å². The van der Waals surface area contributed by atoms with Gasteiger partial charge in [0.1, 0.15) is 11.1 Å². The molecule has 1 saturated heterocycles. The predicted octanol–water partition coefficient (Wildman–Crippen LogP) is 4.75. The molecule has 1 N–H and O–H groups in total. The Bertz CT molecular complexity index is 1150. The third-order valence-electron chi connectivity index (χ3n) is 4.96. The van der Waals surface area contributed by atoms with E-state index in [1.165, 1.54) is 31.0 Å². The third kappa shape index (κ3) is 4.66. The number of carbonyl (C=O) groups excluding carboxylic acids is 3. The molecule has 1 atom stereocenters. The number of nitrogens with one attached hydrogen (secondary N) is 1. The normalized spacial score (nSPS) is 15.6. The van der Waals surface area contributed by atoms with Crippen LogP contribution in [0.15, 0.2) is 65.3 Å². The summed E-state index contributed by atoms with van der Waals surface area (Å²) in [5.41, 5.74) is 1.95. The Hall–Kier alpha value is -3.23. The molecule has 0 radical (unpaired) electrons. The number of carbonyl (C=O) groups is 3. The maximum absolute atomic E-state index is 12.7. The number of furan rings is 1. The van der Waals surface area contributed by atoms with Crippen LogP contribution in [-0.4, -0.2) is 35.5 Å². The first-order chi connectivity index (χ1) is 15.5. The van der Waals surface area contributed by atoms with Gasteiger partial charge < -0.3 is 19.4 Å². The van der Waals surface area contributed by atoms with Crippen LogP contribution in [0.3, 0.4) is 0 Å². The van der Waals surface area contributed by atoms with Gasteiger partial charge in [-0.15, -0.1) is 11.8 Å². The van der Waals surface area contributed by atoms with Crippen molar-refractivity contribution >= 4 is 46.8 Å². The van der Waals surface area contributed by atoms with Crippen LogP contribution in [-0.2, 0) is 16.1 Å². The third-order valence-corrected chi connectivity index (χ3v) is 6.55. The first-order valence-electron chi connectivity index (χ1n) is 9.69. The smallest absolute Gasteiger partial charge is 0.339 e. The minimum absolute atomic E-state index is 0.0439. The molecule has 1 aliphatic heterocycles. The summed E-state index contributed by atoms with van der Waals surface area (Å²) in [7, 11) is 1.26. The largest absolute Gasteiger partial charge is 0.467 e. The summed E-state index contributed by atoms with van der Waals surface area (Å²) in [6.45, 7) is 0.394. The van der Waals surface area contributed by atoms with Crippen LogP contribution in [0.2, 0.25) is 5.02 Å². The van der Waals surface area contributed by atoms with Gasteiger partial charge in [-0.25, -0.2) is 4.79 Å².